The zero-order valence-corrected chi connectivity index (χ0v) is 26.4. The molecule has 0 spiro atoms. The molecule has 0 bridgehead atoms. The third-order valence-corrected chi connectivity index (χ3v) is 8.34. The van der Waals surface area contributed by atoms with Crippen LogP contribution in [0.1, 0.15) is 175 Å². The molecule has 1 N–H and O–H groups in total. The first kappa shape index (κ1) is 37.1. The first-order valence-corrected chi connectivity index (χ1v) is 17.9. The van der Waals surface area contributed by atoms with Crippen molar-refractivity contribution in [3.8, 4) is 0 Å². The number of phosphoric ester groups is 1. The molecule has 0 aliphatic heterocycles. The number of hydrogen-bond acceptors (Lipinski definition) is 4. The molecule has 0 aromatic rings. The summed E-state index contributed by atoms with van der Waals surface area (Å²) in [6, 6.07) is 0. The van der Waals surface area contributed by atoms with Crippen molar-refractivity contribution >= 4 is 7.82 Å². The zero-order chi connectivity index (χ0) is 27.5. The molecule has 0 saturated carbocycles. The molecule has 0 amide bonds. The van der Waals surface area contributed by atoms with E-state index in [2.05, 4.69) is 32.6 Å². The van der Waals surface area contributed by atoms with Crippen molar-refractivity contribution in [2.24, 2.45) is 0 Å². The molecule has 0 aromatic carbocycles. The summed E-state index contributed by atoms with van der Waals surface area (Å²) < 4.78 is 24.3. The molecule has 0 fully saturated rings. The van der Waals surface area contributed by atoms with Gasteiger partial charge in [-0.2, -0.15) is 0 Å². The van der Waals surface area contributed by atoms with Gasteiger partial charge in [0.25, 0.3) is 0 Å². The predicted octanol–water partition coefficient (Wildman–Crippen LogP) is 10.8. The quantitative estimate of drug-likeness (QED) is 0.0550. The Morgan fingerprint density at radius 2 is 0.946 bits per heavy atom. The summed E-state index contributed by atoms with van der Waals surface area (Å²) in [6.07, 6.45) is 26.8. The second kappa shape index (κ2) is 27.6. The van der Waals surface area contributed by atoms with Gasteiger partial charge in [-0.15, -0.1) is 0 Å². The van der Waals surface area contributed by atoms with Gasteiger partial charge in [0.05, 0.1) is 6.61 Å². The van der Waals surface area contributed by atoms with Crippen molar-refractivity contribution in [2.45, 2.75) is 182 Å². The molecule has 37 heavy (non-hydrogen) atoms. The molecule has 224 valence electrons. The first-order valence-electron chi connectivity index (χ1n) is 16.4. The zero-order valence-electron chi connectivity index (χ0n) is 25.5. The first-order chi connectivity index (χ1) is 18.0. The van der Waals surface area contributed by atoms with E-state index in [4.69, 9.17) is 9.05 Å². The van der Waals surface area contributed by atoms with Crippen LogP contribution in [-0.2, 0) is 13.6 Å². The minimum Gasteiger partial charge on any atom is -0.302 e. The molecule has 0 aliphatic rings. The maximum atomic E-state index is 12.9. The fourth-order valence-electron chi connectivity index (χ4n) is 4.88. The Labute approximate surface area is 232 Å². The molecule has 0 aliphatic carbocycles. The minimum absolute atomic E-state index is 0.301. The molecule has 0 rings (SSSR count). The van der Waals surface area contributed by atoms with Crippen molar-refractivity contribution < 1.29 is 18.5 Å². The number of unbranched alkanes of at least 4 members (excludes halogenated alkanes) is 18. The smallest absolute Gasteiger partial charge is 0.302 e. The van der Waals surface area contributed by atoms with Crippen molar-refractivity contribution in [3.05, 3.63) is 0 Å². The summed E-state index contributed by atoms with van der Waals surface area (Å²) >= 11 is 0. The van der Waals surface area contributed by atoms with Crippen LogP contribution in [0.4, 0.5) is 0 Å². The van der Waals surface area contributed by atoms with Gasteiger partial charge in [0.15, 0.2) is 0 Å². The lowest BCUT2D eigenvalue weighted by atomic mass is 10.1. The Morgan fingerprint density at radius 3 is 1.41 bits per heavy atom. The van der Waals surface area contributed by atoms with E-state index in [1.165, 1.54) is 96.3 Å². The summed E-state index contributed by atoms with van der Waals surface area (Å²) in [7, 11) is -4.07. The summed E-state index contributed by atoms with van der Waals surface area (Å²) in [5.41, 5.74) is 0. The lowest BCUT2D eigenvalue weighted by molar-refractivity contribution is -0.0135. The van der Waals surface area contributed by atoms with Gasteiger partial charge in [-0.25, -0.2) is 4.57 Å². The predicted molar refractivity (Wildman–Crippen MR) is 161 cm³/mol. The van der Waals surface area contributed by atoms with Crippen LogP contribution in [0.15, 0.2) is 0 Å². The molecular formula is C31H66NO4P. The van der Waals surface area contributed by atoms with Crippen LogP contribution < -0.4 is 0 Å². The molecule has 5 nitrogen and oxygen atoms in total. The molecule has 0 aromatic heterocycles. The standard InChI is InChI=1S/C31H66NO4P/c1-5-9-13-17-20-24-28-32(29-25-21-18-14-10-6-2)31(27-23-19-15-11-7-3)36-37(33,34)35-30-26-22-16-12-8-4/h31H,5-30H2,1-4H3,(H,33,34). The Kier molecular flexibility index (Phi) is 27.7. The largest absolute Gasteiger partial charge is 0.473 e. The molecular weight excluding hydrogens is 481 g/mol. The number of phosphoric acid groups is 1. The van der Waals surface area contributed by atoms with E-state index >= 15 is 0 Å². The van der Waals surface area contributed by atoms with Crippen molar-refractivity contribution in [3.63, 3.8) is 0 Å². The molecule has 2 atom stereocenters. The van der Waals surface area contributed by atoms with Gasteiger partial charge >= 0.3 is 7.82 Å². The van der Waals surface area contributed by atoms with Crippen LogP contribution in [0.5, 0.6) is 0 Å². The van der Waals surface area contributed by atoms with E-state index in [-0.39, 0.29) is 6.23 Å². The third kappa shape index (κ3) is 24.8. The van der Waals surface area contributed by atoms with Gasteiger partial charge in [-0.05, 0) is 32.1 Å². The van der Waals surface area contributed by atoms with Crippen LogP contribution in [0, 0.1) is 0 Å². The highest BCUT2D eigenvalue weighted by atomic mass is 31.2. The minimum atomic E-state index is -4.07. The summed E-state index contributed by atoms with van der Waals surface area (Å²) in [6.45, 7) is 11.1. The highest BCUT2D eigenvalue weighted by Crippen LogP contribution is 2.46. The number of hydrogen-bond donors (Lipinski definition) is 1. The lowest BCUT2D eigenvalue weighted by Crippen LogP contribution is -2.38. The van der Waals surface area contributed by atoms with E-state index in [0.717, 1.165) is 64.5 Å². The van der Waals surface area contributed by atoms with E-state index in [9.17, 15) is 9.46 Å². The Hall–Kier alpha value is 0.0700. The summed E-state index contributed by atoms with van der Waals surface area (Å²) in [5.74, 6) is 0. The highest BCUT2D eigenvalue weighted by Gasteiger charge is 2.30. The van der Waals surface area contributed by atoms with E-state index in [0.29, 0.717) is 6.61 Å². The van der Waals surface area contributed by atoms with Gasteiger partial charge < -0.3 is 4.89 Å². The molecule has 0 radical (unpaired) electrons. The van der Waals surface area contributed by atoms with Gasteiger partial charge in [0.2, 0.25) is 0 Å². The molecule has 6 heteroatoms. The fourth-order valence-corrected chi connectivity index (χ4v) is 5.85. The third-order valence-electron chi connectivity index (χ3n) is 7.32. The van der Waals surface area contributed by atoms with Crippen LogP contribution >= 0.6 is 7.82 Å². The topological polar surface area (TPSA) is 59.0 Å². The Balaban J connectivity index is 5.02. The van der Waals surface area contributed by atoms with Gasteiger partial charge in [0, 0.05) is 13.1 Å². The van der Waals surface area contributed by atoms with Crippen LogP contribution in [-0.4, -0.2) is 35.7 Å². The normalized spacial score (nSPS) is 14.3. The average Bonchev–Trinajstić information content (AvgIpc) is 2.88. The number of rotatable bonds is 30. The Bertz CT molecular complexity index is 490. The van der Waals surface area contributed by atoms with Crippen LogP contribution in [0.2, 0.25) is 0 Å². The maximum absolute atomic E-state index is 12.9. The lowest BCUT2D eigenvalue weighted by Gasteiger charge is -2.32. The van der Waals surface area contributed by atoms with Crippen LogP contribution in [0.25, 0.3) is 0 Å². The monoisotopic (exact) mass is 547 g/mol. The van der Waals surface area contributed by atoms with Crippen molar-refractivity contribution in [1.82, 2.24) is 4.90 Å². The number of nitrogens with zero attached hydrogens (tertiary/aromatic N) is 1. The summed E-state index contributed by atoms with van der Waals surface area (Å²) in [5, 5.41) is 0. The van der Waals surface area contributed by atoms with Gasteiger partial charge in [-0.3, -0.25) is 13.9 Å². The van der Waals surface area contributed by atoms with Crippen molar-refractivity contribution in [1.29, 1.82) is 0 Å². The second-order valence-corrected chi connectivity index (χ2v) is 12.5. The second-order valence-electron chi connectivity index (χ2n) is 11.1. The van der Waals surface area contributed by atoms with E-state index in [1.807, 2.05) is 0 Å². The van der Waals surface area contributed by atoms with Crippen LogP contribution in [0.3, 0.4) is 0 Å². The highest BCUT2D eigenvalue weighted by molar-refractivity contribution is 7.47. The van der Waals surface area contributed by atoms with Crippen molar-refractivity contribution in [2.75, 3.05) is 19.7 Å². The Morgan fingerprint density at radius 1 is 0.568 bits per heavy atom. The van der Waals surface area contributed by atoms with Gasteiger partial charge in [-0.1, -0.05) is 143 Å². The molecule has 0 heterocycles. The van der Waals surface area contributed by atoms with E-state index < -0.39 is 7.82 Å². The van der Waals surface area contributed by atoms with E-state index in [1.54, 1.807) is 0 Å². The SMILES string of the molecule is CCCCCCCCN(CCCCCCCC)C(CCCCCCC)OP(=O)(O)OCCCCCCC. The molecule has 0 saturated heterocycles. The fraction of sp³-hybridized carbons (Fsp3) is 1.00. The summed E-state index contributed by atoms with van der Waals surface area (Å²) in [4.78, 5) is 13.0. The molecule has 2 unspecified atom stereocenters. The van der Waals surface area contributed by atoms with Gasteiger partial charge in [0.1, 0.15) is 6.23 Å². The maximum Gasteiger partial charge on any atom is 0.473 e. The average molecular weight is 548 g/mol.